The Labute approximate surface area is 139 Å². The predicted molar refractivity (Wildman–Crippen MR) is 96.9 cm³/mol. The van der Waals surface area contributed by atoms with Gasteiger partial charge in [0, 0.05) is 9.77 Å². The number of thioether (sulfide) groups is 1. The molecular formula is C18H20O2S2. The Morgan fingerprint density at radius 3 is 2.36 bits per heavy atom. The fourth-order valence-electron chi connectivity index (χ4n) is 2.25. The van der Waals surface area contributed by atoms with E-state index >= 15 is 0 Å². The van der Waals surface area contributed by atoms with Gasteiger partial charge < -0.3 is 5.11 Å². The number of benzene rings is 1. The van der Waals surface area contributed by atoms with Crippen molar-refractivity contribution in [2.45, 2.75) is 25.7 Å². The van der Waals surface area contributed by atoms with Crippen molar-refractivity contribution in [2.75, 3.05) is 6.26 Å². The van der Waals surface area contributed by atoms with Crippen LogP contribution >= 0.6 is 23.1 Å². The van der Waals surface area contributed by atoms with Crippen molar-refractivity contribution >= 4 is 40.7 Å². The van der Waals surface area contributed by atoms with Gasteiger partial charge in [-0.2, -0.15) is 0 Å². The molecule has 2 rings (SSSR count). The van der Waals surface area contributed by atoms with Crippen molar-refractivity contribution in [1.82, 2.24) is 0 Å². The number of hydrogen-bond donors (Lipinski definition) is 1. The molecular weight excluding hydrogens is 312 g/mol. The maximum absolute atomic E-state index is 11.1. The summed E-state index contributed by atoms with van der Waals surface area (Å²) < 4.78 is 0. The first kappa shape index (κ1) is 16.8. The topological polar surface area (TPSA) is 37.3 Å². The highest BCUT2D eigenvalue weighted by atomic mass is 32.2. The van der Waals surface area contributed by atoms with Crippen LogP contribution in [-0.2, 0) is 0 Å². The van der Waals surface area contributed by atoms with Crippen molar-refractivity contribution < 1.29 is 9.90 Å². The van der Waals surface area contributed by atoms with Crippen molar-refractivity contribution in [2.24, 2.45) is 5.92 Å². The summed E-state index contributed by atoms with van der Waals surface area (Å²) in [5.74, 6) is -0.488. The second-order valence-electron chi connectivity index (χ2n) is 5.45. The second-order valence-corrected chi connectivity index (χ2v) is 7.41. The number of aromatic carboxylic acids is 1. The Hall–Kier alpha value is -1.52. The Kier molecular flexibility index (Phi) is 5.48. The first-order chi connectivity index (χ1) is 10.4. The number of allylic oxidation sites excluding steroid dienone is 1. The summed E-state index contributed by atoms with van der Waals surface area (Å²) in [6, 6.07) is 10.3. The number of thiophene rings is 1. The van der Waals surface area contributed by atoms with Crippen LogP contribution in [0.4, 0.5) is 0 Å². The van der Waals surface area contributed by atoms with E-state index in [1.54, 1.807) is 17.8 Å². The van der Waals surface area contributed by atoms with Crippen molar-refractivity contribution in [1.29, 1.82) is 0 Å². The van der Waals surface area contributed by atoms with Crippen LogP contribution in [0.3, 0.4) is 0 Å². The molecule has 0 spiro atoms. The van der Waals surface area contributed by atoms with E-state index < -0.39 is 5.97 Å². The van der Waals surface area contributed by atoms with Gasteiger partial charge in [0.2, 0.25) is 0 Å². The number of carboxylic acids is 1. The Bertz CT molecular complexity index is 694. The molecule has 0 saturated carbocycles. The van der Waals surface area contributed by atoms with Crippen LogP contribution in [0.15, 0.2) is 35.2 Å². The maximum atomic E-state index is 11.1. The SMILES string of the molecule is CSc1ccc(/C(=C/c2sc(C(=O)O)cc2C)C(C)C)cc1. The van der Waals surface area contributed by atoms with Crippen LogP contribution in [0.2, 0.25) is 0 Å². The van der Waals surface area contributed by atoms with Gasteiger partial charge in [-0.25, -0.2) is 4.79 Å². The molecule has 22 heavy (non-hydrogen) atoms. The molecule has 0 saturated heterocycles. The van der Waals surface area contributed by atoms with Gasteiger partial charge in [0.1, 0.15) is 4.88 Å². The van der Waals surface area contributed by atoms with E-state index in [1.807, 2.05) is 6.92 Å². The number of aryl methyl sites for hydroxylation is 1. The average molecular weight is 332 g/mol. The molecule has 0 aliphatic carbocycles. The molecule has 0 aliphatic heterocycles. The van der Waals surface area contributed by atoms with Gasteiger partial charge in [-0.3, -0.25) is 0 Å². The third-order valence-corrected chi connectivity index (χ3v) is 5.41. The zero-order chi connectivity index (χ0) is 16.3. The van der Waals surface area contributed by atoms with Crippen molar-refractivity contribution in [3.63, 3.8) is 0 Å². The van der Waals surface area contributed by atoms with Crippen LogP contribution in [0, 0.1) is 12.8 Å². The summed E-state index contributed by atoms with van der Waals surface area (Å²) in [6.07, 6.45) is 4.20. The lowest BCUT2D eigenvalue weighted by molar-refractivity contribution is 0.0702. The van der Waals surface area contributed by atoms with Gasteiger partial charge in [-0.15, -0.1) is 23.1 Å². The van der Waals surface area contributed by atoms with Crippen LogP contribution < -0.4 is 0 Å². The molecule has 2 aromatic rings. The van der Waals surface area contributed by atoms with Gasteiger partial charge in [0.15, 0.2) is 0 Å². The van der Waals surface area contributed by atoms with Gasteiger partial charge in [-0.05, 0) is 60.1 Å². The molecule has 1 heterocycles. The zero-order valence-electron chi connectivity index (χ0n) is 13.2. The van der Waals surface area contributed by atoms with Gasteiger partial charge in [0.25, 0.3) is 0 Å². The molecule has 0 unspecified atom stereocenters. The quantitative estimate of drug-likeness (QED) is 0.716. The minimum absolute atomic E-state index is 0.370. The fourth-order valence-corrected chi connectivity index (χ4v) is 3.63. The highest BCUT2D eigenvalue weighted by molar-refractivity contribution is 7.98. The highest BCUT2D eigenvalue weighted by Crippen LogP contribution is 2.31. The minimum Gasteiger partial charge on any atom is -0.477 e. The standard InChI is InChI=1S/C18H20O2S2/c1-11(2)15(13-5-7-14(21-4)8-6-13)10-16-12(3)9-17(22-16)18(19)20/h5-11H,1-4H3,(H,19,20)/b15-10+. The van der Waals surface area contributed by atoms with E-state index in [2.05, 4.69) is 50.4 Å². The van der Waals surface area contributed by atoms with Crippen LogP contribution in [0.5, 0.6) is 0 Å². The lowest BCUT2D eigenvalue weighted by Crippen LogP contribution is -1.93. The predicted octanol–water partition coefficient (Wildman–Crippen LogP) is 5.67. The van der Waals surface area contributed by atoms with E-state index in [9.17, 15) is 4.79 Å². The highest BCUT2D eigenvalue weighted by Gasteiger charge is 2.12. The van der Waals surface area contributed by atoms with E-state index in [-0.39, 0.29) is 0 Å². The van der Waals surface area contributed by atoms with Crippen molar-refractivity contribution in [3.8, 4) is 0 Å². The number of carbonyl (C=O) groups is 1. The molecule has 1 aromatic heterocycles. The maximum Gasteiger partial charge on any atom is 0.345 e. The molecule has 0 radical (unpaired) electrons. The third kappa shape index (κ3) is 3.81. The first-order valence-corrected chi connectivity index (χ1v) is 9.16. The summed E-state index contributed by atoms with van der Waals surface area (Å²) in [4.78, 5) is 13.8. The summed E-state index contributed by atoms with van der Waals surface area (Å²) in [5, 5.41) is 9.13. The number of rotatable bonds is 5. The van der Waals surface area contributed by atoms with Gasteiger partial charge in [-0.1, -0.05) is 26.0 Å². The van der Waals surface area contributed by atoms with Crippen molar-refractivity contribution in [3.05, 3.63) is 51.2 Å². The van der Waals surface area contributed by atoms with E-state index in [0.717, 1.165) is 10.4 Å². The molecule has 4 heteroatoms. The minimum atomic E-state index is -0.858. The van der Waals surface area contributed by atoms with E-state index in [0.29, 0.717) is 10.8 Å². The molecule has 0 atom stereocenters. The van der Waals surface area contributed by atoms with Gasteiger partial charge in [0.05, 0.1) is 0 Å². The Morgan fingerprint density at radius 2 is 1.91 bits per heavy atom. The molecule has 1 N–H and O–H groups in total. The zero-order valence-corrected chi connectivity index (χ0v) is 14.8. The smallest absolute Gasteiger partial charge is 0.345 e. The fraction of sp³-hybridized carbons (Fsp3) is 0.278. The van der Waals surface area contributed by atoms with E-state index in [1.165, 1.54) is 27.4 Å². The van der Waals surface area contributed by atoms with E-state index in [4.69, 9.17) is 5.11 Å². The molecule has 0 bridgehead atoms. The largest absolute Gasteiger partial charge is 0.477 e. The summed E-state index contributed by atoms with van der Waals surface area (Å²) in [5.41, 5.74) is 3.44. The number of hydrogen-bond acceptors (Lipinski definition) is 3. The Balaban J connectivity index is 2.44. The lowest BCUT2D eigenvalue weighted by atomic mass is 9.94. The summed E-state index contributed by atoms with van der Waals surface area (Å²) in [6.45, 7) is 6.29. The molecule has 2 nitrogen and oxygen atoms in total. The third-order valence-electron chi connectivity index (χ3n) is 3.50. The monoisotopic (exact) mass is 332 g/mol. The first-order valence-electron chi connectivity index (χ1n) is 7.12. The van der Waals surface area contributed by atoms with Crippen LogP contribution in [-0.4, -0.2) is 17.3 Å². The van der Waals surface area contributed by atoms with Crippen LogP contribution in [0.1, 0.15) is 39.5 Å². The molecule has 0 amide bonds. The summed E-state index contributed by atoms with van der Waals surface area (Å²) in [7, 11) is 0. The normalized spacial score (nSPS) is 12.0. The average Bonchev–Trinajstić information content (AvgIpc) is 2.86. The van der Waals surface area contributed by atoms with Gasteiger partial charge >= 0.3 is 5.97 Å². The number of carboxylic acid groups (broad SMARTS) is 1. The second kappa shape index (κ2) is 7.16. The van der Waals surface area contributed by atoms with Crippen LogP contribution in [0.25, 0.3) is 11.6 Å². The molecule has 1 aromatic carbocycles. The molecule has 0 fully saturated rings. The molecule has 116 valence electrons. The Morgan fingerprint density at radius 1 is 1.27 bits per heavy atom. The molecule has 0 aliphatic rings. The lowest BCUT2D eigenvalue weighted by Gasteiger charge is -2.12. The summed E-state index contributed by atoms with van der Waals surface area (Å²) >= 11 is 3.06.